The lowest BCUT2D eigenvalue weighted by molar-refractivity contribution is -0.137. The number of nitrogens with two attached hydrogens (primary N) is 1. The summed E-state index contributed by atoms with van der Waals surface area (Å²) in [5.74, 6) is 5.94. The van der Waals surface area contributed by atoms with E-state index < -0.39 is 11.7 Å². The highest BCUT2D eigenvalue weighted by molar-refractivity contribution is 6.00. The lowest BCUT2D eigenvalue weighted by Crippen LogP contribution is -2.43. The second-order valence-corrected chi connectivity index (χ2v) is 7.69. The molecule has 1 saturated heterocycles. The zero-order chi connectivity index (χ0) is 22.9. The van der Waals surface area contributed by atoms with Crippen molar-refractivity contribution in [3.63, 3.8) is 0 Å². The standard InChI is InChI=1S/C20H24F3N9/c1-10-3-4-11(7-26-10)29-19-28-9-14(20(21,22)23)16(31-19)13-8-27-17-12(13)5-6-15(30-17)18(25-2)32-24/h5-6,8-11,26H,3-4,7,24H2,1-2H3,(H,25,32)(H,27,30)(H,28,29,31)/t10-,11?/m1/s1. The van der Waals surface area contributed by atoms with Crippen LogP contribution >= 0.6 is 0 Å². The number of amidine groups is 1. The number of halogens is 3. The Morgan fingerprint density at radius 3 is 2.72 bits per heavy atom. The van der Waals surface area contributed by atoms with E-state index >= 15 is 0 Å². The van der Waals surface area contributed by atoms with Crippen LogP contribution in [0, 0.1) is 0 Å². The summed E-state index contributed by atoms with van der Waals surface area (Å²) in [6.07, 6.45) is -0.486. The van der Waals surface area contributed by atoms with Crippen LogP contribution in [-0.4, -0.2) is 51.4 Å². The number of hydrazine groups is 1. The van der Waals surface area contributed by atoms with Crippen molar-refractivity contribution in [2.75, 3.05) is 18.9 Å². The second kappa shape index (κ2) is 8.71. The summed E-state index contributed by atoms with van der Waals surface area (Å²) in [6.45, 7) is 2.79. The number of piperidine rings is 1. The van der Waals surface area contributed by atoms with Crippen LogP contribution in [0.25, 0.3) is 22.3 Å². The summed E-state index contributed by atoms with van der Waals surface area (Å²) in [7, 11) is 1.55. The molecule has 4 rings (SSSR count). The van der Waals surface area contributed by atoms with E-state index in [4.69, 9.17) is 5.84 Å². The van der Waals surface area contributed by atoms with E-state index in [1.165, 1.54) is 6.20 Å². The predicted molar refractivity (Wildman–Crippen MR) is 116 cm³/mol. The Balaban J connectivity index is 1.74. The first-order valence-corrected chi connectivity index (χ1v) is 10.2. The summed E-state index contributed by atoms with van der Waals surface area (Å²) < 4.78 is 41.3. The fourth-order valence-electron chi connectivity index (χ4n) is 3.75. The van der Waals surface area contributed by atoms with E-state index in [1.54, 1.807) is 19.2 Å². The number of H-pyrrole nitrogens is 1. The fourth-order valence-corrected chi connectivity index (χ4v) is 3.75. The van der Waals surface area contributed by atoms with Gasteiger partial charge in [0.2, 0.25) is 5.95 Å². The molecule has 1 fully saturated rings. The number of nitrogens with one attached hydrogen (secondary N) is 4. The molecule has 9 nitrogen and oxygen atoms in total. The van der Waals surface area contributed by atoms with E-state index in [0.717, 1.165) is 19.0 Å². The van der Waals surface area contributed by atoms with Crippen LogP contribution in [0.3, 0.4) is 0 Å². The van der Waals surface area contributed by atoms with Gasteiger partial charge in [-0.25, -0.2) is 20.8 Å². The molecule has 1 aliphatic rings. The number of alkyl halides is 3. The van der Waals surface area contributed by atoms with Crippen molar-refractivity contribution in [1.29, 1.82) is 0 Å². The smallest absolute Gasteiger partial charge is 0.350 e. The minimum absolute atomic E-state index is 0.0403. The monoisotopic (exact) mass is 447 g/mol. The molecule has 3 aromatic heterocycles. The van der Waals surface area contributed by atoms with E-state index in [1.807, 2.05) is 0 Å². The molecule has 0 spiro atoms. The third-order valence-corrected chi connectivity index (χ3v) is 5.48. The molecule has 4 heterocycles. The Hall–Kier alpha value is -3.25. The number of hydrogen-bond acceptors (Lipinski definition) is 7. The van der Waals surface area contributed by atoms with Crippen molar-refractivity contribution < 1.29 is 13.2 Å². The lowest BCUT2D eigenvalue weighted by atomic mass is 10.0. The van der Waals surface area contributed by atoms with Crippen molar-refractivity contribution in [2.45, 2.75) is 38.0 Å². The molecule has 0 aliphatic carbocycles. The molecule has 6 N–H and O–H groups in total. The van der Waals surface area contributed by atoms with Crippen LogP contribution in [0.2, 0.25) is 0 Å². The van der Waals surface area contributed by atoms with Crippen LogP contribution in [0.15, 0.2) is 29.5 Å². The largest absolute Gasteiger partial charge is 0.419 e. The zero-order valence-corrected chi connectivity index (χ0v) is 17.6. The first kappa shape index (κ1) is 22.0. The molecule has 0 bridgehead atoms. The molecular weight excluding hydrogens is 423 g/mol. The van der Waals surface area contributed by atoms with Gasteiger partial charge in [-0.3, -0.25) is 4.99 Å². The normalized spacial score (nSPS) is 19.9. The first-order valence-electron chi connectivity index (χ1n) is 10.2. The number of hydrogen-bond donors (Lipinski definition) is 5. The van der Waals surface area contributed by atoms with E-state index in [0.29, 0.717) is 35.1 Å². The Bertz CT molecular complexity index is 1130. The summed E-state index contributed by atoms with van der Waals surface area (Å²) >= 11 is 0. The predicted octanol–water partition coefficient (Wildman–Crippen LogP) is 2.43. The highest BCUT2D eigenvalue weighted by atomic mass is 19.4. The molecule has 0 aromatic carbocycles. The van der Waals surface area contributed by atoms with Crippen molar-refractivity contribution in [2.24, 2.45) is 10.8 Å². The summed E-state index contributed by atoms with van der Waals surface area (Å²) in [5.41, 5.74) is 2.44. The minimum atomic E-state index is -4.61. The van der Waals surface area contributed by atoms with Gasteiger partial charge in [0.15, 0.2) is 5.84 Å². The lowest BCUT2D eigenvalue weighted by Gasteiger charge is -2.28. The topological polar surface area (TPSA) is 129 Å². The summed E-state index contributed by atoms with van der Waals surface area (Å²) in [5, 5.41) is 6.99. The van der Waals surface area contributed by atoms with Gasteiger partial charge in [-0.2, -0.15) is 13.2 Å². The van der Waals surface area contributed by atoms with Crippen molar-refractivity contribution in [3.05, 3.63) is 35.8 Å². The third kappa shape index (κ3) is 4.36. The van der Waals surface area contributed by atoms with Gasteiger partial charge in [-0.05, 0) is 31.9 Å². The van der Waals surface area contributed by atoms with Gasteiger partial charge in [0, 0.05) is 49.0 Å². The molecular formula is C20H24F3N9. The Kier molecular flexibility index (Phi) is 5.98. The molecule has 3 aromatic rings. The first-order chi connectivity index (χ1) is 15.3. The molecule has 1 aliphatic heterocycles. The summed E-state index contributed by atoms with van der Waals surface area (Å²) in [6, 6.07) is 3.74. The van der Waals surface area contributed by atoms with E-state index in [-0.39, 0.29) is 23.2 Å². The van der Waals surface area contributed by atoms with Crippen molar-refractivity contribution >= 4 is 22.8 Å². The molecule has 1 unspecified atom stereocenters. The second-order valence-electron chi connectivity index (χ2n) is 7.69. The molecule has 0 amide bonds. The van der Waals surface area contributed by atoms with Gasteiger partial charge in [0.05, 0.1) is 5.69 Å². The van der Waals surface area contributed by atoms with Gasteiger partial charge in [-0.1, -0.05) is 0 Å². The van der Waals surface area contributed by atoms with Crippen molar-refractivity contribution in [3.8, 4) is 11.3 Å². The highest BCUT2D eigenvalue weighted by Gasteiger charge is 2.36. The molecule has 170 valence electrons. The number of anilines is 1. The van der Waals surface area contributed by atoms with Gasteiger partial charge < -0.3 is 21.0 Å². The maximum atomic E-state index is 13.8. The van der Waals surface area contributed by atoms with Crippen molar-refractivity contribution in [1.82, 2.24) is 30.7 Å². The number of aliphatic imine (C=N–C) groups is 1. The maximum absolute atomic E-state index is 13.8. The average molecular weight is 447 g/mol. The van der Waals surface area contributed by atoms with Gasteiger partial charge in [0.1, 0.15) is 16.9 Å². The van der Waals surface area contributed by atoms with Gasteiger partial charge in [-0.15, -0.1) is 0 Å². The van der Waals surface area contributed by atoms with Crippen LogP contribution in [0.5, 0.6) is 0 Å². The quantitative estimate of drug-likeness (QED) is 0.180. The van der Waals surface area contributed by atoms with Crippen LogP contribution in [-0.2, 0) is 6.18 Å². The third-order valence-electron chi connectivity index (χ3n) is 5.48. The number of pyridine rings is 1. The van der Waals surface area contributed by atoms with Crippen LogP contribution < -0.4 is 21.9 Å². The number of fused-ring (bicyclic) bond motifs is 1. The number of aromatic amines is 1. The molecule has 2 atom stereocenters. The Morgan fingerprint density at radius 2 is 2.06 bits per heavy atom. The number of nitrogens with zero attached hydrogens (tertiary/aromatic N) is 4. The number of rotatable bonds is 4. The maximum Gasteiger partial charge on any atom is 0.419 e. The zero-order valence-electron chi connectivity index (χ0n) is 17.6. The highest BCUT2D eigenvalue weighted by Crippen LogP contribution is 2.38. The van der Waals surface area contributed by atoms with E-state index in [9.17, 15) is 13.2 Å². The summed E-state index contributed by atoms with van der Waals surface area (Å²) in [4.78, 5) is 19.5. The Labute approximate surface area is 182 Å². The van der Waals surface area contributed by atoms with Crippen LogP contribution in [0.4, 0.5) is 19.1 Å². The van der Waals surface area contributed by atoms with E-state index in [2.05, 4.69) is 47.9 Å². The molecule has 0 saturated carbocycles. The van der Waals surface area contributed by atoms with Gasteiger partial charge in [0.25, 0.3) is 0 Å². The molecule has 12 heteroatoms. The minimum Gasteiger partial charge on any atom is -0.350 e. The molecule has 0 radical (unpaired) electrons. The average Bonchev–Trinajstić information content (AvgIpc) is 3.19. The Morgan fingerprint density at radius 1 is 1.25 bits per heavy atom. The molecule has 32 heavy (non-hydrogen) atoms. The number of aromatic nitrogens is 4. The van der Waals surface area contributed by atoms with Crippen LogP contribution in [0.1, 0.15) is 31.0 Å². The van der Waals surface area contributed by atoms with Gasteiger partial charge >= 0.3 is 6.18 Å². The fraction of sp³-hybridized carbons (Fsp3) is 0.400. The SMILES string of the molecule is CN=C(NN)c1ccc2c(-c3nc(NC4CC[C@@H](C)NC4)ncc3C(F)(F)F)c[nH]c2n1.